The Morgan fingerprint density at radius 2 is 2.31 bits per heavy atom. The van der Waals surface area contributed by atoms with E-state index in [2.05, 4.69) is 18.3 Å². The van der Waals surface area contributed by atoms with Crippen LogP contribution in [-0.2, 0) is 0 Å². The first kappa shape index (κ1) is 9.52. The molecule has 13 heavy (non-hydrogen) atoms. The van der Waals surface area contributed by atoms with Gasteiger partial charge in [0, 0.05) is 6.07 Å². The number of benzene rings is 1. The van der Waals surface area contributed by atoms with E-state index in [0.29, 0.717) is 6.61 Å². The highest BCUT2D eigenvalue weighted by molar-refractivity contribution is 5.54. The van der Waals surface area contributed by atoms with Gasteiger partial charge in [0.15, 0.2) is 0 Å². The molecular formula is C11H13NO. The zero-order valence-electron chi connectivity index (χ0n) is 7.79. The van der Waals surface area contributed by atoms with Crippen molar-refractivity contribution in [1.82, 2.24) is 0 Å². The second kappa shape index (κ2) is 4.45. The first-order valence-electron chi connectivity index (χ1n) is 4.09. The van der Waals surface area contributed by atoms with Crippen molar-refractivity contribution in [2.24, 2.45) is 4.99 Å². The van der Waals surface area contributed by atoms with Crippen LogP contribution in [0.5, 0.6) is 5.75 Å². The Balaban J connectivity index is 2.85. The molecule has 0 spiro atoms. The number of rotatable bonds is 4. The van der Waals surface area contributed by atoms with E-state index in [-0.39, 0.29) is 0 Å². The molecule has 0 bridgehead atoms. The fourth-order valence-corrected chi connectivity index (χ4v) is 1.00. The van der Waals surface area contributed by atoms with Crippen LogP contribution in [0.4, 0.5) is 5.69 Å². The summed E-state index contributed by atoms with van der Waals surface area (Å²) in [4.78, 5) is 3.88. The standard InChI is InChI=1S/C11H13NO/c1-4-7-13-10-6-5-9(2)11(8-10)12-3/h4-6,8H,1,3,7H2,2H3. The Kier molecular flexibility index (Phi) is 3.26. The Bertz CT molecular complexity index is 318. The predicted molar refractivity (Wildman–Crippen MR) is 56.1 cm³/mol. The maximum absolute atomic E-state index is 5.35. The second-order valence-electron chi connectivity index (χ2n) is 2.71. The molecule has 2 heteroatoms. The largest absolute Gasteiger partial charge is 0.489 e. The van der Waals surface area contributed by atoms with E-state index in [1.165, 1.54) is 0 Å². The van der Waals surface area contributed by atoms with Gasteiger partial charge in [-0.3, -0.25) is 4.99 Å². The third-order valence-electron chi connectivity index (χ3n) is 1.72. The molecule has 0 aromatic heterocycles. The molecule has 0 radical (unpaired) electrons. The quantitative estimate of drug-likeness (QED) is 0.509. The molecule has 0 saturated carbocycles. The number of nitrogens with zero attached hydrogens (tertiary/aromatic N) is 1. The van der Waals surface area contributed by atoms with E-state index < -0.39 is 0 Å². The molecule has 0 fully saturated rings. The zero-order valence-corrected chi connectivity index (χ0v) is 7.79. The van der Waals surface area contributed by atoms with E-state index in [1.54, 1.807) is 6.08 Å². The molecule has 0 aliphatic carbocycles. The minimum atomic E-state index is 0.514. The van der Waals surface area contributed by atoms with Crippen LogP contribution in [0.15, 0.2) is 35.8 Å². The zero-order chi connectivity index (χ0) is 9.68. The number of hydrogen-bond donors (Lipinski definition) is 0. The van der Waals surface area contributed by atoms with Crippen molar-refractivity contribution in [2.75, 3.05) is 6.61 Å². The van der Waals surface area contributed by atoms with Gasteiger partial charge in [0.2, 0.25) is 0 Å². The maximum atomic E-state index is 5.35. The summed E-state index contributed by atoms with van der Waals surface area (Å²) in [6.07, 6.45) is 1.71. The summed E-state index contributed by atoms with van der Waals surface area (Å²) >= 11 is 0. The van der Waals surface area contributed by atoms with E-state index in [0.717, 1.165) is 17.0 Å². The lowest BCUT2D eigenvalue weighted by Crippen LogP contribution is -1.92. The highest BCUT2D eigenvalue weighted by Crippen LogP contribution is 2.23. The molecule has 2 nitrogen and oxygen atoms in total. The first-order valence-corrected chi connectivity index (χ1v) is 4.09. The van der Waals surface area contributed by atoms with Crippen LogP contribution >= 0.6 is 0 Å². The van der Waals surface area contributed by atoms with Gasteiger partial charge in [0.05, 0.1) is 5.69 Å². The molecule has 1 aromatic rings. The first-order chi connectivity index (χ1) is 6.27. The van der Waals surface area contributed by atoms with E-state index in [4.69, 9.17) is 4.74 Å². The molecule has 0 unspecified atom stereocenters. The van der Waals surface area contributed by atoms with Crippen LogP contribution < -0.4 is 4.74 Å². The molecule has 0 aliphatic rings. The average molecular weight is 175 g/mol. The van der Waals surface area contributed by atoms with Crippen molar-refractivity contribution in [3.8, 4) is 5.75 Å². The minimum absolute atomic E-state index is 0.514. The second-order valence-corrected chi connectivity index (χ2v) is 2.71. The summed E-state index contributed by atoms with van der Waals surface area (Å²) in [6, 6.07) is 5.74. The summed E-state index contributed by atoms with van der Waals surface area (Å²) in [5, 5.41) is 0. The van der Waals surface area contributed by atoms with Gasteiger partial charge in [-0.2, -0.15) is 0 Å². The number of aliphatic imine (C=N–C) groups is 1. The number of hydrogen-bond acceptors (Lipinski definition) is 2. The third kappa shape index (κ3) is 2.44. The summed E-state index contributed by atoms with van der Waals surface area (Å²) in [5.74, 6) is 0.799. The Morgan fingerprint density at radius 3 is 2.92 bits per heavy atom. The monoisotopic (exact) mass is 175 g/mol. The average Bonchev–Trinajstić information content (AvgIpc) is 2.16. The fraction of sp³-hybridized carbons (Fsp3) is 0.182. The smallest absolute Gasteiger partial charge is 0.121 e. The summed E-state index contributed by atoms with van der Waals surface area (Å²) < 4.78 is 5.35. The van der Waals surface area contributed by atoms with Crippen molar-refractivity contribution >= 4 is 12.4 Å². The molecule has 0 atom stereocenters. The molecule has 0 heterocycles. The van der Waals surface area contributed by atoms with Gasteiger partial charge in [-0.15, -0.1) is 0 Å². The van der Waals surface area contributed by atoms with Gasteiger partial charge >= 0.3 is 0 Å². The molecule has 1 rings (SSSR count). The van der Waals surface area contributed by atoms with Crippen LogP contribution in [0.25, 0.3) is 0 Å². The molecule has 0 saturated heterocycles. The molecule has 0 amide bonds. The third-order valence-corrected chi connectivity index (χ3v) is 1.72. The van der Waals surface area contributed by atoms with Gasteiger partial charge in [-0.05, 0) is 25.3 Å². The highest BCUT2D eigenvalue weighted by atomic mass is 16.5. The SMILES string of the molecule is C=CCOc1ccc(C)c(N=C)c1. The van der Waals surface area contributed by atoms with Crippen molar-refractivity contribution in [3.05, 3.63) is 36.4 Å². The molecule has 68 valence electrons. The van der Waals surface area contributed by atoms with Gasteiger partial charge in [-0.1, -0.05) is 18.7 Å². The van der Waals surface area contributed by atoms with Crippen LogP contribution in [0, 0.1) is 6.92 Å². The fourth-order valence-electron chi connectivity index (χ4n) is 1.00. The van der Waals surface area contributed by atoms with Gasteiger partial charge in [0.25, 0.3) is 0 Å². The van der Waals surface area contributed by atoms with Crippen molar-refractivity contribution in [1.29, 1.82) is 0 Å². The Labute approximate surface area is 78.6 Å². The number of ether oxygens (including phenoxy) is 1. The van der Waals surface area contributed by atoms with Crippen LogP contribution in [0.2, 0.25) is 0 Å². The van der Waals surface area contributed by atoms with Crippen LogP contribution in [-0.4, -0.2) is 13.3 Å². The normalized spacial score (nSPS) is 9.31. The lowest BCUT2D eigenvalue weighted by molar-refractivity contribution is 0.363. The van der Waals surface area contributed by atoms with Crippen molar-refractivity contribution < 1.29 is 4.74 Å². The summed E-state index contributed by atoms with van der Waals surface area (Å²) in [7, 11) is 0. The van der Waals surface area contributed by atoms with Crippen molar-refractivity contribution in [2.45, 2.75) is 6.92 Å². The topological polar surface area (TPSA) is 21.6 Å². The lowest BCUT2D eigenvalue weighted by Gasteiger charge is -2.05. The van der Waals surface area contributed by atoms with Gasteiger partial charge in [0.1, 0.15) is 12.4 Å². The Morgan fingerprint density at radius 1 is 1.54 bits per heavy atom. The van der Waals surface area contributed by atoms with E-state index >= 15 is 0 Å². The Hall–Kier alpha value is -1.57. The van der Waals surface area contributed by atoms with Crippen molar-refractivity contribution in [3.63, 3.8) is 0 Å². The molecule has 1 aromatic carbocycles. The van der Waals surface area contributed by atoms with Gasteiger partial charge in [-0.25, -0.2) is 0 Å². The molecule has 0 N–H and O–H groups in total. The minimum Gasteiger partial charge on any atom is -0.489 e. The summed E-state index contributed by atoms with van der Waals surface area (Å²) in [6.45, 7) is 9.56. The lowest BCUT2D eigenvalue weighted by atomic mass is 10.2. The summed E-state index contributed by atoms with van der Waals surface area (Å²) in [5.41, 5.74) is 1.96. The maximum Gasteiger partial charge on any atom is 0.121 e. The van der Waals surface area contributed by atoms with Crippen LogP contribution in [0.3, 0.4) is 0 Å². The predicted octanol–water partition coefficient (Wildman–Crippen LogP) is 2.89. The van der Waals surface area contributed by atoms with Crippen LogP contribution in [0.1, 0.15) is 5.56 Å². The molecular weight excluding hydrogens is 162 g/mol. The number of aryl methyl sites for hydroxylation is 1. The highest BCUT2D eigenvalue weighted by Gasteiger charge is 1.97. The van der Waals surface area contributed by atoms with E-state index in [1.807, 2.05) is 25.1 Å². The van der Waals surface area contributed by atoms with E-state index in [9.17, 15) is 0 Å². The molecule has 0 aliphatic heterocycles. The van der Waals surface area contributed by atoms with Gasteiger partial charge < -0.3 is 4.74 Å².